The first-order valence-corrected chi connectivity index (χ1v) is 11.1. The minimum absolute atomic E-state index is 0.00172. The fourth-order valence-corrected chi connectivity index (χ4v) is 4.06. The van der Waals surface area contributed by atoms with E-state index < -0.39 is 23.5 Å². The summed E-state index contributed by atoms with van der Waals surface area (Å²) < 4.78 is 21.0. The SMILES string of the molecule is CC(C)Oc1ccc([C@H]2C(=C(O)c3ccc(F)cc3)C(=O)C(=O)N2CCCn2ccnc2)cc1. The second-order valence-corrected chi connectivity index (χ2v) is 8.39. The molecule has 3 aromatic rings. The van der Waals surface area contributed by atoms with E-state index in [0.717, 1.165) is 0 Å². The van der Waals surface area contributed by atoms with Gasteiger partial charge in [-0.1, -0.05) is 12.1 Å². The third-order valence-corrected chi connectivity index (χ3v) is 5.60. The van der Waals surface area contributed by atoms with Crippen molar-refractivity contribution < 1.29 is 23.8 Å². The predicted octanol–water partition coefficient (Wildman–Crippen LogP) is 4.32. The van der Waals surface area contributed by atoms with Crippen LogP contribution >= 0.6 is 0 Å². The lowest BCUT2D eigenvalue weighted by Gasteiger charge is -2.25. The van der Waals surface area contributed by atoms with E-state index >= 15 is 0 Å². The maximum Gasteiger partial charge on any atom is 0.295 e. The van der Waals surface area contributed by atoms with Gasteiger partial charge >= 0.3 is 0 Å². The summed E-state index contributed by atoms with van der Waals surface area (Å²) in [5, 5.41) is 11.0. The molecule has 1 aliphatic heterocycles. The molecule has 2 heterocycles. The summed E-state index contributed by atoms with van der Waals surface area (Å²) in [6.45, 7) is 4.77. The Labute approximate surface area is 197 Å². The van der Waals surface area contributed by atoms with Crippen molar-refractivity contribution in [3.8, 4) is 5.75 Å². The van der Waals surface area contributed by atoms with E-state index in [1.54, 1.807) is 36.8 Å². The maximum atomic E-state index is 13.4. The zero-order chi connectivity index (χ0) is 24.2. The molecule has 0 saturated carbocycles. The number of imidazole rings is 1. The number of likely N-dealkylation sites (tertiary alicyclic amines) is 1. The molecule has 1 N–H and O–H groups in total. The summed E-state index contributed by atoms with van der Waals surface area (Å²) in [6, 6.07) is 11.5. The molecule has 2 aromatic carbocycles. The highest BCUT2D eigenvalue weighted by Crippen LogP contribution is 2.40. The molecule has 0 radical (unpaired) electrons. The van der Waals surface area contributed by atoms with Crippen LogP contribution in [-0.4, -0.2) is 43.9 Å². The van der Waals surface area contributed by atoms with Crippen LogP contribution in [0.3, 0.4) is 0 Å². The number of halogens is 1. The van der Waals surface area contributed by atoms with Crippen molar-refractivity contribution in [2.75, 3.05) is 6.54 Å². The van der Waals surface area contributed by atoms with Crippen LogP contribution in [0.15, 0.2) is 72.8 Å². The van der Waals surface area contributed by atoms with E-state index in [0.29, 0.717) is 30.8 Å². The van der Waals surface area contributed by atoms with Gasteiger partial charge in [0.25, 0.3) is 11.7 Å². The normalized spacial score (nSPS) is 17.5. The molecule has 1 aliphatic rings. The molecule has 4 rings (SSSR count). The number of benzene rings is 2. The van der Waals surface area contributed by atoms with Crippen LogP contribution < -0.4 is 4.74 Å². The number of nitrogens with zero attached hydrogens (tertiary/aromatic N) is 3. The largest absolute Gasteiger partial charge is 0.507 e. The first-order valence-electron chi connectivity index (χ1n) is 11.1. The highest BCUT2D eigenvalue weighted by atomic mass is 19.1. The Morgan fingerprint density at radius 3 is 2.41 bits per heavy atom. The number of Topliss-reactive ketones (excluding diaryl/α,β-unsaturated/α-hetero) is 1. The molecule has 1 amide bonds. The quantitative estimate of drug-likeness (QED) is 0.306. The van der Waals surface area contributed by atoms with Crippen molar-refractivity contribution in [3.05, 3.63) is 89.8 Å². The highest BCUT2D eigenvalue weighted by Gasteiger charge is 2.45. The Kier molecular flexibility index (Phi) is 6.77. The number of carbonyl (C=O) groups is 2. The fraction of sp³-hybridized carbons (Fsp3) is 0.269. The number of rotatable bonds is 8. The lowest BCUT2D eigenvalue weighted by atomic mass is 9.95. The Morgan fingerprint density at radius 2 is 1.79 bits per heavy atom. The van der Waals surface area contributed by atoms with Crippen molar-refractivity contribution in [3.63, 3.8) is 0 Å². The van der Waals surface area contributed by atoms with Gasteiger partial charge in [-0.2, -0.15) is 0 Å². The summed E-state index contributed by atoms with van der Waals surface area (Å²) in [7, 11) is 0. The van der Waals surface area contributed by atoms with Gasteiger partial charge < -0.3 is 19.3 Å². The van der Waals surface area contributed by atoms with Crippen molar-refractivity contribution in [1.29, 1.82) is 0 Å². The summed E-state index contributed by atoms with van der Waals surface area (Å²) in [5.74, 6) is -1.58. The minimum Gasteiger partial charge on any atom is -0.507 e. The standard InChI is InChI=1S/C26H26FN3O4/c1-17(2)34-21-10-6-18(7-11-21)23-22(24(31)19-4-8-20(27)9-5-19)25(32)26(33)30(23)14-3-13-29-15-12-28-16-29/h4-12,15-17,23,31H,3,13-14H2,1-2H3/t23-/m0/s1. The van der Waals surface area contributed by atoms with Gasteiger partial charge in [0, 0.05) is 31.0 Å². The zero-order valence-electron chi connectivity index (χ0n) is 19.0. The van der Waals surface area contributed by atoms with E-state index in [4.69, 9.17) is 4.74 Å². The molecular formula is C26H26FN3O4. The van der Waals surface area contributed by atoms with Crippen molar-refractivity contribution in [2.24, 2.45) is 0 Å². The highest BCUT2D eigenvalue weighted by molar-refractivity contribution is 6.46. The molecule has 7 nitrogen and oxygen atoms in total. The van der Waals surface area contributed by atoms with Crippen LogP contribution in [0.5, 0.6) is 5.75 Å². The van der Waals surface area contributed by atoms with Crippen LogP contribution in [0, 0.1) is 5.82 Å². The number of carbonyl (C=O) groups excluding carboxylic acids is 2. The molecule has 8 heteroatoms. The number of hydrogen-bond donors (Lipinski definition) is 1. The van der Waals surface area contributed by atoms with Gasteiger partial charge in [-0.05, 0) is 62.2 Å². The Balaban J connectivity index is 1.71. The van der Waals surface area contributed by atoms with Crippen molar-refractivity contribution in [1.82, 2.24) is 14.5 Å². The number of aliphatic hydroxyl groups excluding tert-OH is 1. The van der Waals surface area contributed by atoms with E-state index in [2.05, 4.69) is 4.98 Å². The topological polar surface area (TPSA) is 84.7 Å². The molecule has 0 bridgehead atoms. The van der Waals surface area contributed by atoms with E-state index in [1.165, 1.54) is 29.2 Å². The second-order valence-electron chi connectivity index (χ2n) is 8.39. The van der Waals surface area contributed by atoms with Gasteiger partial charge in [-0.3, -0.25) is 9.59 Å². The van der Waals surface area contributed by atoms with Crippen LogP contribution in [0.1, 0.15) is 37.4 Å². The molecule has 0 unspecified atom stereocenters. The summed E-state index contributed by atoms with van der Waals surface area (Å²) in [5.41, 5.74) is 0.918. The fourth-order valence-electron chi connectivity index (χ4n) is 4.06. The molecule has 176 valence electrons. The maximum absolute atomic E-state index is 13.4. The van der Waals surface area contributed by atoms with Gasteiger partial charge in [0.1, 0.15) is 17.3 Å². The number of amides is 1. The number of ether oxygens (including phenoxy) is 1. The van der Waals surface area contributed by atoms with E-state index in [-0.39, 0.29) is 23.0 Å². The monoisotopic (exact) mass is 463 g/mol. The van der Waals surface area contributed by atoms with Gasteiger partial charge in [-0.25, -0.2) is 9.37 Å². The van der Waals surface area contributed by atoms with E-state index in [9.17, 15) is 19.1 Å². The number of ketones is 1. The second kappa shape index (κ2) is 9.91. The van der Waals surface area contributed by atoms with Gasteiger partial charge in [0.15, 0.2) is 0 Å². The van der Waals surface area contributed by atoms with E-state index in [1.807, 2.05) is 24.6 Å². The third-order valence-electron chi connectivity index (χ3n) is 5.60. The smallest absolute Gasteiger partial charge is 0.295 e. The first-order chi connectivity index (χ1) is 16.3. The summed E-state index contributed by atoms with van der Waals surface area (Å²) >= 11 is 0. The number of aryl methyl sites for hydroxylation is 1. The number of aliphatic hydroxyl groups is 1. The van der Waals surface area contributed by atoms with Gasteiger partial charge in [0.05, 0.1) is 24.0 Å². The Morgan fingerprint density at radius 1 is 1.09 bits per heavy atom. The van der Waals surface area contributed by atoms with Crippen molar-refractivity contribution in [2.45, 2.75) is 39.0 Å². The lowest BCUT2D eigenvalue weighted by Crippen LogP contribution is -2.31. The zero-order valence-corrected chi connectivity index (χ0v) is 19.0. The minimum atomic E-state index is -0.777. The number of hydrogen-bond acceptors (Lipinski definition) is 5. The third kappa shape index (κ3) is 4.85. The molecule has 0 aliphatic carbocycles. The van der Waals surface area contributed by atoms with Crippen LogP contribution in [0.25, 0.3) is 5.76 Å². The molecule has 1 fully saturated rings. The Bertz CT molecular complexity index is 1190. The first kappa shape index (κ1) is 23.2. The van der Waals surface area contributed by atoms with Crippen LogP contribution in [0.2, 0.25) is 0 Å². The number of aromatic nitrogens is 2. The van der Waals surface area contributed by atoms with Crippen molar-refractivity contribution >= 4 is 17.4 Å². The Hall–Kier alpha value is -3.94. The predicted molar refractivity (Wildman–Crippen MR) is 124 cm³/mol. The molecular weight excluding hydrogens is 437 g/mol. The lowest BCUT2D eigenvalue weighted by molar-refractivity contribution is -0.139. The molecule has 0 spiro atoms. The van der Waals surface area contributed by atoms with Gasteiger partial charge in [0.2, 0.25) is 0 Å². The van der Waals surface area contributed by atoms with Crippen LogP contribution in [-0.2, 0) is 16.1 Å². The van der Waals surface area contributed by atoms with Crippen LogP contribution in [0.4, 0.5) is 4.39 Å². The average Bonchev–Trinajstić information content (AvgIpc) is 3.42. The molecule has 1 saturated heterocycles. The van der Waals surface area contributed by atoms with Gasteiger partial charge in [-0.15, -0.1) is 0 Å². The molecule has 34 heavy (non-hydrogen) atoms. The summed E-state index contributed by atoms with van der Waals surface area (Å²) in [6.07, 6.45) is 5.78. The summed E-state index contributed by atoms with van der Waals surface area (Å²) in [4.78, 5) is 31.6. The molecule has 1 atom stereocenters. The average molecular weight is 464 g/mol. The molecule has 1 aromatic heterocycles.